The van der Waals surface area contributed by atoms with Gasteiger partial charge >= 0.3 is 287 Å². The van der Waals surface area contributed by atoms with Crippen LogP contribution in [0, 0.1) is 22.9 Å². The van der Waals surface area contributed by atoms with Crippen LogP contribution in [-0.2, 0) is 20.1 Å². The first-order chi connectivity index (χ1) is 19.5. The van der Waals surface area contributed by atoms with Gasteiger partial charge in [0.2, 0.25) is 0 Å². The third-order valence-electron chi connectivity index (χ3n) is 7.43. The van der Waals surface area contributed by atoms with Gasteiger partial charge in [-0.25, -0.2) is 0 Å². The molecular weight excluding hydrogens is 814 g/mol. The fourth-order valence-electron chi connectivity index (χ4n) is 5.52. The van der Waals surface area contributed by atoms with Crippen LogP contribution >= 0.6 is 0 Å². The minimum absolute atomic E-state index is 0.860. The van der Waals surface area contributed by atoms with Crippen molar-refractivity contribution >= 4 is 76.7 Å². The van der Waals surface area contributed by atoms with Gasteiger partial charge in [0.1, 0.15) is 0 Å². The zero-order chi connectivity index (χ0) is 33.9. The summed E-state index contributed by atoms with van der Waals surface area (Å²) in [4.78, 5) is 15.0. The fourth-order valence-corrected chi connectivity index (χ4v) is 15.6. The molecule has 1 aliphatic carbocycles. The first-order valence-electron chi connectivity index (χ1n) is 16.3. The van der Waals surface area contributed by atoms with Gasteiger partial charge in [-0.3, -0.25) is 0 Å². The van der Waals surface area contributed by atoms with Crippen molar-refractivity contribution in [2.24, 2.45) is 0 Å². The normalized spacial score (nSPS) is 21.0. The maximum absolute atomic E-state index is 7.52. The van der Waals surface area contributed by atoms with Gasteiger partial charge in [0.25, 0.3) is 0 Å². The first kappa shape index (κ1) is 38.4. The predicted molar refractivity (Wildman–Crippen MR) is 212 cm³/mol. The molecule has 0 radical (unpaired) electrons. The molecule has 0 saturated carbocycles. The van der Waals surface area contributed by atoms with Crippen LogP contribution in [0.1, 0.15) is 22.3 Å². The second kappa shape index (κ2) is 12.4. The van der Waals surface area contributed by atoms with E-state index in [1.807, 2.05) is 0 Å². The van der Waals surface area contributed by atoms with Crippen LogP contribution in [-0.4, -0.2) is 69.5 Å². The van der Waals surface area contributed by atoms with Gasteiger partial charge in [-0.1, -0.05) is 0 Å². The van der Waals surface area contributed by atoms with E-state index in [1.165, 1.54) is 18.3 Å². The summed E-state index contributed by atoms with van der Waals surface area (Å²) in [5, 5.41) is 0. The van der Waals surface area contributed by atoms with E-state index in [1.54, 1.807) is 0 Å². The Morgan fingerprint density at radius 1 is 0.477 bits per heavy atom. The van der Waals surface area contributed by atoms with Crippen molar-refractivity contribution in [3.8, 4) is 22.9 Å². The van der Waals surface area contributed by atoms with Crippen molar-refractivity contribution in [1.82, 2.24) is 0 Å². The Morgan fingerprint density at radius 3 is 1.00 bits per heavy atom. The third kappa shape index (κ3) is 9.09. The number of benzene rings is 2. The molecule has 2 atom stereocenters. The second-order valence-corrected chi connectivity index (χ2v) is 66.2. The molecule has 3 rings (SSSR count). The van der Waals surface area contributed by atoms with Gasteiger partial charge in [0.15, 0.2) is 0 Å². The summed E-state index contributed by atoms with van der Waals surface area (Å²) in [7, 11) is -7.77. The van der Waals surface area contributed by atoms with Crippen molar-refractivity contribution in [2.45, 2.75) is 119 Å². The van der Waals surface area contributed by atoms with Crippen LogP contribution in [0.3, 0.4) is 0 Å². The molecular formula is C36H60O2Si4Sn2. The van der Waals surface area contributed by atoms with E-state index < -0.39 is 80.7 Å². The molecule has 8 heteroatoms. The molecule has 2 nitrogen and oxygen atoms in total. The third-order valence-corrected chi connectivity index (χ3v) is 22.7. The summed E-state index contributed by atoms with van der Waals surface area (Å²) in [6.45, 7) is 27.9. The van der Waals surface area contributed by atoms with Crippen LogP contribution < -0.4 is 7.16 Å². The van der Waals surface area contributed by atoms with Crippen LogP contribution in [0.5, 0.6) is 0 Å². The molecule has 0 aromatic heterocycles. The SMILES string of the molecule is C[Si](C)(C)C#CC1(O[Si](C)(C)C)c2cc[c]([Sn]([CH3])([CH3])[CH3])cc2C(C#C[Si](C)(C)C)(O[Si](C)(C)C)c2cc[c]([Sn]([CH3])([CH3])[CH3])cc21. The van der Waals surface area contributed by atoms with Crippen LogP contribution in [0.2, 0.25) is 108 Å². The van der Waals surface area contributed by atoms with Crippen LogP contribution in [0.4, 0.5) is 0 Å². The van der Waals surface area contributed by atoms with E-state index in [0.29, 0.717) is 0 Å². The summed E-state index contributed by atoms with van der Waals surface area (Å²) >= 11 is -5.03. The number of hydrogen-bond donors (Lipinski definition) is 0. The molecule has 1 aliphatic rings. The van der Waals surface area contributed by atoms with Gasteiger partial charge in [-0.15, -0.1) is 0 Å². The first-order valence-corrected chi connectivity index (χ1v) is 50.1. The van der Waals surface area contributed by atoms with E-state index in [4.69, 9.17) is 8.85 Å². The average Bonchev–Trinajstić information content (AvgIpc) is 2.80. The molecule has 0 amide bonds. The monoisotopic (exact) mass is 876 g/mol. The Bertz CT molecular complexity index is 1420. The van der Waals surface area contributed by atoms with Crippen LogP contribution in [0.25, 0.3) is 0 Å². The van der Waals surface area contributed by atoms with E-state index in [0.717, 1.165) is 11.1 Å². The topological polar surface area (TPSA) is 18.5 Å². The van der Waals surface area contributed by atoms with E-state index in [2.05, 4.69) is 168 Å². The van der Waals surface area contributed by atoms with Crippen molar-refractivity contribution in [1.29, 1.82) is 0 Å². The Balaban J connectivity index is 2.78. The number of rotatable bonds is 6. The number of hydrogen-bond acceptors (Lipinski definition) is 2. The Hall–Kier alpha value is -0.0551. The van der Waals surface area contributed by atoms with E-state index in [9.17, 15) is 0 Å². The van der Waals surface area contributed by atoms with Crippen molar-refractivity contribution in [3.05, 3.63) is 58.7 Å². The quantitative estimate of drug-likeness (QED) is 0.213. The van der Waals surface area contributed by atoms with Gasteiger partial charge in [0.05, 0.1) is 0 Å². The zero-order valence-corrected chi connectivity index (χ0v) is 41.0. The molecule has 44 heavy (non-hydrogen) atoms. The molecule has 2 aromatic carbocycles. The Labute approximate surface area is 283 Å². The number of fused-ring (bicyclic) bond motifs is 2. The van der Waals surface area contributed by atoms with Crippen molar-refractivity contribution < 1.29 is 8.85 Å². The van der Waals surface area contributed by atoms with Gasteiger partial charge in [-0.2, -0.15) is 0 Å². The summed E-state index contributed by atoms with van der Waals surface area (Å²) < 4.78 is 18.0. The molecule has 0 fully saturated rings. The molecule has 240 valence electrons. The minimum atomic E-state index is -2.52. The summed E-state index contributed by atoms with van der Waals surface area (Å²) in [6, 6.07) is 14.5. The Kier molecular flexibility index (Phi) is 10.9. The molecule has 2 unspecified atom stereocenters. The second-order valence-electron chi connectivity index (χ2n) is 18.8. The molecule has 0 spiro atoms. The Morgan fingerprint density at radius 2 is 0.773 bits per heavy atom. The average molecular weight is 875 g/mol. The predicted octanol–water partition coefficient (Wildman–Crippen LogP) is 9.04. The molecule has 0 bridgehead atoms. The molecule has 0 heterocycles. The summed E-state index contributed by atoms with van der Waals surface area (Å²) in [5.74, 6) is 7.87. The van der Waals surface area contributed by atoms with E-state index >= 15 is 0 Å². The molecule has 0 saturated heterocycles. The molecule has 0 aliphatic heterocycles. The van der Waals surface area contributed by atoms with Crippen LogP contribution in [0.15, 0.2) is 36.4 Å². The standard InChI is InChI=1S/C30H42O2Si4.6CH3.2Sn/c1-33(2,3)23-21-29(31-35(7,8)9)25-17-13-15-19-27(25)30(32-36(10,11)12,22-24-34(4,5)6)28-20-16-14-18-26(28)29;;;;;;;;/h13,16-20H,1-12H3;6*1H3;;. The van der Waals surface area contributed by atoms with Crippen molar-refractivity contribution in [3.63, 3.8) is 0 Å². The zero-order valence-electron chi connectivity index (χ0n) is 31.3. The van der Waals surface area contributed by atoms with E-state index in [-0.39, 0.29) is 0 Å². The molecule has 2 aromatic rings. The summed E-state index contributed by atoms with van der Waals surface area (Å²) in [6.07, 6.45) is 0. The maximum atomic E-state index is 7.52. The molecule has 0 N–H and O–H groups in total. The van der Waals surface area contributed by atoms with Gasteiger partial charge < -0.3 is 0 Å². The fraction of sp³-hybridized carbons (Fsp3) is 0.556. The summed E-state index contributed by atoms with van der Waals surface area (Å²) in [5.41, 5.74) is 10.6. The van der Waals surface area contributed by atoms with Crippen molar-refractivity contribution in [2.75, 3.05) is 0 Å². The van der Waals surface area contributed by atoms with Gasteiger partial charge in [-0.05, 0) is 0 Å². The van der Waals surface area contributed by atoms with Gasteiger partial charge in [0, 0.05) is 0 Å².